The van der Waals surface area contributed by atoms with Crippen molar-refractivity contribution < 1.29 is 9.53 Å². The predicted molar refractivity (Wildman–Crippen MR) is 65.2 cm³/mol. The van der Waals surface area contributed by atoms with Crippen LogP contribution >= 0.6 is 0 Å². The van der Waals surface area contributed by atoms with Crippen LogP contribution in [0.15, 0.2) is 37.0 Å². The van der Waals surface area contributed by atoms with Gasteiger partial charge >= 0.3 is 6.09 Å². The lowest BCUT2D eigenvalue weighted by atomic mass is 10.1. The molecule has 0 aliphatic carbocycles. The van der Waals surface area contributed by atoms with Crippen molar-refractivity contribution in [3.63, 3.8) is 0 Å². The van der Waals surface area contributed by atoms with Crippen molar-refractivity contribution in [3.05, 3.63) is 37.0 Å². The third kappa shape index (κ3) is 4.34. The second kappa shape index (κ2) is 6.88. The maximum absolute atomic E-state index is 11.6. The summed E-state index contributed by atoms with van der Waals surface area (Å²) in [5.41, 5.74) is 0.769. The normalized spacial score (nSPS) is 16.1. The van der Waals surface area contributed by atoms with Crippen LogP contribution in [0, 0.1) is 0 Å². The number of piperidine rings is 1. The van der Waals surface area contributed by atoms with E-state index in [0.717, 1.165) is 31.5 Å². The van der Waals surface area contributed by atoms with Crippen LogP contribution in [0.1, 0.15) is 19.3 Å². The summed E-state index contributed by atoms with van der Waals surface area (Å²) in [7, 11) is 0. The Hall–Kier alpha value is -1.51. The number of carbonyl (C=O) groups is 1. The highest BCUT2D eigenvalue weighted by atomic mass is 16.6. The second-order valence-electron chi connectivity index (χ2n) is 3.86. The highest BCUT2D eigenvalue weighted by molar-refractivity contribution is 5.67. The first-order valence-electron chi connectivity index (χ1n) is 5.62. The molecule has 0 atom stereocenters. The summed E-state index contributed by atoms with van der Waals surface area (Å²) in [5, 5.41) is 0. The lowest BCUT2D eigenvalue weighted by Crippen LogP contribution is -2.36. The highest BCUT2D eigenvalue weighted by Gasteiger charge is 2.17. The Balaban J connectivity index is 2.25. The zero-order valence-corrected chi connectivity index (χ0v) is 9.65. The molecule has 1 aliphatic heterocycles. The molecule has 16 heavy (non-hydrogen) atoms. The van der Waals surface area contributed by atoms with E-state index in [1.165, 1.54) is 6.42 Å². The summed E-state index contributed by atoms with van der Waals surface area (Å²) in [6, 6.07) is 0. The van der Waals surface area contributed by atoms with E-state index in [4.69, 9.17) is 4.74 Å². The predicted octanol–water partition coefficient (Wildman–Crippen LogP) is 2.91. The van der Waals surface area contributed by atoms with E-state index < -0.39 is 0 Å². The second-order valence-corrected chi connectivity index (χ2v) is 3.86. The summed E-state index contributed by atoms with van der Waals surface area (Å²) in [6.45, 7) is 9.21. The molecule has 88 valence electrons. The molecular weight excluding hydrogens is 202 g/mol. The molecule has 0 spiro atoms. The summed E-state index contributed by atoms with van der Waals surface area (Å²) in [6.07, 6.45) is 8.36. The van der Waals surface area contributed by atoms with Gasteiger partial charge in [0, 0.05) is 13.1 Å². The van der Waals surface area contributed by atoms with Gasteiger partial charge in [-0.05, 0) is 24.8 Å². The van der Waals surface area contributed by atoms with E-state index in [2.05, 4.69) is 13.2 Å². The van der Waals surface area contributed by atoms with Crippen molar-refractivity contribution in [2.45, 2.75) is 19.3 Å². The first-order valence-corrected chi connectivity index (χ1v) is 5.62. The van der Waals surface area contributed by atoms with Crippen molar-refractivity contribution in [1.82, 2.24) is 4.90 Å². The number of carbonyl (C=O) groups excluding carboxylic acids is 1. The van der Waals surface area contributed by atoms with E-state index in [9.17, 15) is 4.79 Å². The molecule has 0 unspecified atom stereocenters. The van der Waals surface area contributed by atoms with Gasteiger partial charge in [-0.25, -0.2) is 4.79 Å². The lowest BCUT2D eigenvalue weighted by Gasteiger charge is -2.25. The van der Waals surface area contributed by atoms with Gasteiger partial charge in [0.2, 0.25) is 0 Å². The fourth-order valence-corrected chi connectivity index (χ4v) is 1.57. The van der Waals surface area contributed by atoms with Crippen LogP contribution in [-0.4, -0.2) is 30.7 Å². The molecule has 3 heteroatoms. The number of allylic oxidation sites excluding steroid dienone is 2. The van der Waals surface area contributed by atoms with Crippen molar-refractivity contribution in [1.29, 1.82) is 0 Å². The van der Waals surface area contributed by atoms with Gasteiger partial charge in [-0.3, -0.25) is 0 Å². The molecule has 1 aliphatic rings. The van der Waals surface area contributed by atoms with Crippen molar-refractivity contribution >= 4 is 6.09 Å². The van der Waals surface area contributed by atoms with Gasteiger partial charge < -0.3 is 9.64 Å². The van der Waals surface area contributed by atoms with Gasteiger partial charge in [-0.1, -0.05) is 31.4 Å². The summed E-state index contributed by atoms with van der Waals surface area (Å²) in [5.74, 6) is 0. The molecule has 0 N–H and O–H groups in total. The van der Waals surface area contributed by atoms with Crippen LogP contribution in [0.5, 0.6) is 0 Å². The average Bonchev–Trinajstić information content (AvgIpc) is 2.34. The Morgan fingerprint density at radius 1 is 1.31 bits per heavy atom. The van der Waals surface area contributed by atoms with Gasteiger partial charge in [0.05, 0.1) is 0 Å². The largest absolute Gasteiger partial charge is 0.445 e. The molecule has 0 aromatic carbocycles. The van der Waals surface area contributed by atoms with Gasteiger partial charge in [0.25, 0.3) is 0 Å². The number of rotatable bonds is 4. The number of hydrogen-bond donors (Lipinski definition) is 0. The average molecular weight is 221 g/mol. The van der Waals surface area contributed by atoms with Crippen LogP contribution < -0.4 is 0 Å². The molecule has 0 aromatic rings. The fourth-order valence-electron chi connectivity index (χ4n) is 1.57. The van der Waals surface area contributed by atoms with E-state index in [0.29, 0.717) is 0 Å². The minimum atomic E-state index is -0.229. The highest BCUT2D eigenvalue weighted by Crippen LogP contribution is 2.10. The molecule has 1 fully saturated rings. The number of amides is 1. The van der Waals surface area contributed by atoms with E-state index in [1.54, 1.807) is 23.1 Å². The van der Waals surface area contributed by atoms with Gasteiger partial charge in [-0.15, -0.1) is 0 Å². The summed E-state index contributed by atoms with van der Waals surface area (Å²) < 4.78 is 5.14. The maximum Gasteiger partial charge on any atom is 0.410 e. The van der Waals surface area contributed by atoms with Gasteiger partial charge in [-0.2, -0.15) is 0 Å². The zero-order chi connectivity index (χ0) is 11.8. The molecule has 1 heterocycles. The van der Waals surface area contributed by atoms with Crippen molar-refractivity contribution in [2.75, 3.05) is 19.7 Å². The first-order chi connectivity index (χ1) is 7.74. The third-order valence-electron chi connectivity index (χ3n) is 2.46. The Bertz CT molecular complexity index is 288. The minimum Gasteiger partial charge on any atom is -0.445 e. The number of hydrogen-bond acceptors (Lipinski definition) is 2. The molecule has 0 saturated carbocycles. The summed E-state index contributed by atoms with van der Waals surface area (Å²) >= 11 is 0. The molecule has 1 amide bonds. The number of likely N-dealkylation sites (tertiary alicyclic amines) is 1. The zero-order valence-electron chi connectivity index (χ0n) is 9.65. The third-order valence-corrected chi connectivity index (χ3v) is 2.46. The lowest BCUT2D eigenvalue weighted by molar-refractivity contribution is 0.103. The molecular formula is C13H19NO2. The van der Waals surface area contributed by atoms with Crippen LogP contribution in [0.2, 0.25) is 0 Å². The number of nitrogens with zero attached hydrogens (tertiary/aromatic N) is 1. The van der Waals surface area contributed by atoms with E-state index >= 15 is 0 Å². The SMILES string of the molecule is C=C/C=C\C(=C)COC(=O)N1CCCCC1. The quantitative estimate of drug-likeness (QED) is 0.683. The van der Waals surface area contributed by atoms with Gasteiger partial charge in [0.15, 0.2) is 0 Å². The Morgan fingerprint density at radius 3 is 2.62 bits per heavy atom. The number of ether oxygens (including phenoxy) is 1. The standard InChI is InChI=1S/C13H19NO2/c1-3-4-8-12(2)11-16-13(15)14-9-6-5-7-10-14/h3-4,8H,1-2,5-7,9-11H2/b8-4-. The molecule has 0 bridgehead atoms. The topological polar surface area (TPSA) is 29.5 Å². The van der Waals surface area contributed by atoms with Crippen LogP contribution in [0.4, 0.5) is 4.79 Å². The monoisotopic (exact) mass is 221 g/mol. The minimum absolute atomic E-state index is 0.229. The van der Waals surface area contributed by atoms with Crippen molar-refractivity contribution in [3.8, 4) is 0 Å². The fraction of sp³-hybridized carbons (Fsp3) is 0.462. The maximum atomic E-state index is 11.6. The molecule has 0 aromatic heterocycles. The van der Waals surface area contributed by atoms with Crippen molar-refractivity contribution in [2.24, 2.45) is 0 Å². The Kier molecular flexibility index (Phi) is 5.40. The van der Waals surface area contributed by atoms with E-state index in [-0.39, 0.29) is 12.7 Å². The Labute approximate surface area is 97.1 Å². The molecule has 0 radical (unpaired) electrons. The molecule has 3 nitrogen and oxygen atoms in total. The van der Waals surface area contributed by atoms with Crippen LogP contribution in [-0.2, 0) is 4.74 Å². The van der Waals surface area contributed by atoms with Crippen LogP contribution in [0.25, 0.3) is 0 Å². The summed E-state index contributed by atoms with van der Waals surface area (Å²) in [4.78, 5) is 13.4. The van der Waals surface area contributed by atoms with Gasteiger partial charge in [0.1, 0.15) is 6.61 Å². The molecule has 1 saturated heterocycles. The van der Waals surface area contributed by atoms with E-state index in [1.807, 2.05) is 0 Å². The Morgan fingerprint density at radius 2 is 2.00 bits per heavy atom. The molecule has 1 rings (SSSR count). The first kappa shape index (κ1) is 12.6. The van der Waals surface area contributed by atoms with Crippen LogP contribution in [0.3, 0.4) is 0 Å². The smallest absolute Gasteiger partial charge is 0.410 e.